The Morgan fingerprint density at radius 3 is 2.47 bits per heavy atom. The second-order valence-electron chi connectivity index (χ2n) is 4.34. The number of hydrogen-bond acceptors (Lipinski definition) is 3. The minimum absolute atomic E-state index is 0.152. The lowest BCUT2D eigenvalue weighted by Gasteiger charge is -2.13. The Hall–Kier alpha value is -1.62. The highest BCUT2D eigenvalue weighted by atomic mass is 79.9. The summed E-state index contributed by atoms with van der Waals surface area (Å²) in [4.78, 5) is 0. The Balaban J connectivity index is 2.04. The number of nitrogens with one attached hydrogen (secondary N) is 1. The van der Waals surface area contributed by atoms with Crippen molar-refractivity contribution in [2.45, 2.75) is 6.04 Å². The maximum Gasteiger partial charge on any atom is 0.134 e. The number of benzene rings is 2. The third-order valence-corrected chi connectivity index (χ3v) is 3.63. The van der Waals surface area contributed by atoms with Gasteiger partial charge in [0.1, 0.15) is 17.4 Å². The van der Waals surface area contributed by atoms with Gasteiger partial charge in [-0.25, -0.2) is 5.43 Å². The van der Waals surface area contributed by atoms with Crippen molar-refractivity contribution in [3.05, 3.63) is 70.4 Å². The Labute approximate surface area is 119 Å². The number of para-hydroxylation sites is 1. The van der Waals surface area contributed by atoms with E-state index in [-0.39, 0.29) is 6.04 Å². The zero-order valence-corrected chi connectivity index (χ0v) is 11.7. The van der Waals surface area contributed by atoms with Gasteiger partial charge in [-0.05, 0) is 29.8 Å². The first-order valence-corrected chi connectivity index (χ1v) is 6.77. The normalized spacial score (nSPS) is 12.7. The van der Waals surface area contributed by atoms with Crippen LogP contribution < -0.4 is 11.3 Å². The molecule has 0 bridgehead atoms. The summed E-state index contributed by atoms with van der Waals surface area (Å²) < 4.78 is 6.89. The van der Waals surface area contributed by atoms with E-state index >= 15 is 0 Å². The maximum atomic E-state index is 5.85. The molecule has 1 heterocycles. The van der Waals surface area contributed by atoms with E-state index < -0.39 is 0 Å². The average molecular weight is 317 g/mol. The smallest absolute Gasteiger partial charge is 0.134 e. The second-order valence-corrected chi connectivity index (χ2v) is 5.25. The summed E-state index contributed by atoms with van der Waals surface area (Å²) in [7, 11) is 0. The van der Waals surface area contributed by atoms with Gasteiger partial charge in [-0.2, -0.15) is 0 Å². The van der Waals surface area contributed by atoms with E-state index in [1.165, 1.54) is 0 Å². The van der Waals surface area contributed by atoms with Crippen LogP contribution in [0.2, 0.25) is 0 Å². The number of hydrazine groups is 1. The Bertz CT molecular complexity index is 658. The second kappa shape index (κ2) is 5.17. The number of furan rings is 1. The molecule has 0 aliphatic carbocycles. The molecule has 3 aromatic rings. The first kappa shape index (κ1) is 12.4. The lowest BCUT2D eigenvalue weighted by atomic mass is 10.1. The molecule has 0 saturated carbocycles. The highest BCUT2D eigenvalue weighted by Gasteiger charge is 2.16. The lowest BCUT2D eigenvalue weighted by Crippen LogP contribution is -2.28. The van der Waals surface area contributed by atoms with Crippen molar-refractivity contribution in [1.29, 1.82) is 0 Å². The van der Waals surface area contributed by atoms with Gasteiger partial charge in [0.25, 0.3) is 0 Å². The largest absolute Gasteiger partial charge is 0.459 e. The first-order valence-electron chi connectivity index (χ1n) is 5.98. The summed E-state index contributed by atoms with van der Waals surface area (Å²) in [6.07, 6.45) is 0. The molecule has 0 spiro atoms. The van der Waals surface area contributed by atoms with Crippen LogP contribution in [0.1, 0.15) is 17.4 Å². The van der Waals surface area contributed by atoms with Crippen LogP contribution in [-0.4, -0.2) is 0 Å². The summed E-state index contributed by atoms with van der Waals surface area (Å²) in [5.41, 5.74) is 4.74. The van der Waals surface area contributed by atoms with Gasteiger partial charge in [0.2, 0.25) is 0 Å². The summed E-state index contributed by atoms with van der Waals surface area (Å²) in [5.74, 6) is 6.49. The number of hydrogen-bond donors (Lipinski definition) is 2. The molecular formula is C15H13BrN2O. The van der Waals surface area contributed by atoms with E-state index in [1.807, 2.05) is 54.6 Å². The predicted molar refractivity (Wildman–Crippen MR) is 79.5 cm³/mol. The van der Waals surface area contributed by atoms with Crippen LogP contribution >= 0.6 is 15.9 Å². The van der Waals surface area contributed by atoms with Crippen LogP contribution in [0.15, 0.2) is 63.5 Å². The fourth-order valence-corrected chi connectivity index (χ4v) is 2.41. The van der Waals surface area contributed by atoms with Crippen LogP contribution in [0, 0.1) is 0 Å². The molecule has 0 radical (unpaired) electrons. The molecule has 1 unspecified atom stereocenters. The molecule has 2 aromatic carbocycles. The van der Waals surface area contributed by atoms with E-state index in [0.29, 0.717) is 0 Å². The Morgan fingerprint density at radius 1 is 1.05 bits per heavy atom. The SMILES string of the molecule is NNC(c1ccc(Br)cc1)c1cc2ccccc2o1. The van der Waals surface area contributed by atoms with E-state index in [0.717, 1.165) is 26.8 Å². The van der Waals surface area contributed by atoms with Crippen LogP contribution in [0.25, 0.3) is 11.0 Å². The van der Waals surface area contributed by atoms with E-state index in [9.17, 15) is 0 Å². The molecule has 4 heteroatoms. The van der Waals surface area contributed by atoms with Gasteiger partial charge >= 0.3 is 0 Å². The van der Waals surface area contributed by atoms with Crippen molar-refractivity contribution in [3.63, 3.8) is 0 Å². The fraction of sp³-hybridized carbons (Fsp3) is 0.0667. The molecule has 96 valence electrons. The predicted octanol–water partition coefficient (Wildman–Crippen LogP) is 3.75. The van der Waals surface area contributed by atoms with Crippen LogP contribution in [0.5, 0.6) is 0 Å². The van der Waals surface area contributed by atoms with Gasteiger partial charge in [-0.15, -0.1) is 0 Å². The van der Waals surface area contributed by atoms with Gasteiger partial charge in [0.15, 0.2) is 0 Å². The molecule has 1 aromatic heterocycles. The minimum atomic E-state index is -0.152. The third-order valence-electron chi connectivity index (χ3n) is 3.10. The summed E-state index contributed by atoms with van der Waals surface area (Å²) >= 11 is 3.43. The summed E-state index contributed by atoms with van der Waals surface area (Å²) in [6.45, 7) is 0. The molecule has 0 aliphatic rings. The molecule has 3 nitrogen and oxygen atoms in total. The van der Waals surface area contributed by atoms with Crippen molar-refractivity contribution in [1.82, 2.24) is 5.43 Å². The van der Waals surface area contributed by atoms with Crippen LogP contribution in [0.3, 0.4) is 0 Å². The maximum absolute atomic E-state index is 5.85. The topological polar surface area (TPSA) is 51.2 Å². The van der Waals surface area contributed by atoms with Gasteiger partial charge in [0, 0.05) is 9.86 Å². The Kier molecular flexibility index (Phi) is 3.38. The molecule has 0 fully saturated rings. The highest BCUT2D eigenvalue weighted by Crippen LogP contribution is 2.28. The number of fused-ring (bicyclic) bond motifs is 1. The third kappa shape index (κ3) is 2.42. The summed E-state index contributed by atoms with van der Waals surface area (Å²) in [6, 6.07) is 17.8. The van der Waals surface area contributed by atoms with Crippen LogP contribution in [0.4, 0.5) is 0 Å². The van der Waals surface area contributed by atoms with Crippen molar-refractivity contribution in [2.75, 3.05) is 0 Å². The monoisotopic (exact) mass is 316 g/mol. The van der Waals surface area contributed by atoms with Gasteiger partial charge < -0.3 is 4.42 Å². The van der Waals surface area contributed by atoms with E-state index in [2.05, 4.69) is 21.4 Å². The van der Waals surface area contributed by atoms with Crippen molar-refractivity contribution >= 4 is 26.9 Å². The molecular weight excluding hydrogens is 304 g/mol. The van der Waals surface area contributed by atoms with E-state index in [1.54, 1.807) is 0 Å². The quantitative estimate of drug-likeness (QED) is 0.571. The summed E-state index contributed by atoms with van der Waals surface area (Å²) in [5, 5.41) is 1.08. The van der Waals surface area contributed by atoms with Crippen molar-refractivity contribution in [2.24, 2.45) is 5.84 Å². The first-order chi connectivity index (χ1) is 9.28. The van der Waals surface area contributed by atoms with Crippen molar-refractivity contribution < 1.29 is 4.42 Å². The standard InChI is InChI=1S/C15H13BrN2O/c16-12-7-5-10(6-8-12)15(18-17)14-9-11-3-1-2-4-13(11)19-14/h1-9,15,18H,17H2. The van der Waals surface area contributed by atoms with Gasteiger partial charge in [-0.1, -0.05) is 46.3 Å². The minimum Gasteiger partial charge on any atom is -0.459 e. The Morgan fingerprint density at radius 2 is 1.79 bits per heavy atom. The average Bonchev–Trinajstić information content (AvgIpc) is 2.85. The zero-order valence-electron chi connectivity index (χ0n) is 10.1. The lowest BCUT2D eigenvalue weighted by molar-refractivity contribution is 0.477. The fourth-order valence-electron chi connectivity index (χ4n) is 2.14. The molecule has 19 heavy (non-hydrogen) atoms. The molecule has 0 amide bonds. The number of halogens is 1. The van der Waals surface area contributed by atoms with Crippen LogP contribution in [-0.2, 0) is 0 Å². The molecule has 0 saturated heterocycles. The number of rotatable bonds is 3. The molecule has 1 atom stereocenters. The molecule has 3 rings (SSSR count). The van der Waals surface area contributed by atoms with E-state index in [4.69, 9.17) is 10.3 Å². The molecule has 0 aliphatic heterocycles. The number of nitrogens with two attached hydrogens (primary N) is 1. The van der Waals surface area contributed by atoms with Gasteiger partial charge in [0.05, 0.1) is 0 Å². The highest BCUT2D eigenvalue weighted by molar-refractivity contribution is 9.10. The van der Waals surface area contributed by atoms with Crippen molar-refractivity contribution in [3.8, 4) is 0 Å². The van der Waals surface area contributed by atoms with Gasteiger partial charge in [-0.3, -0.25) is 5.84 Å². The molecule has 3 N–H and O–H groups in total. The zero-order chi connectivity index (χ0) is 13.2.